The van der Waals surface area contributed by atoms with Crippen molar-refractivity contribution in [1.82, 2.24) is 14.5 Å². The Bertz CT molecular complexity index is 780. The first-order valence-corrected chi connectivity index (χ1v) is 7.19. The number of alkyl halides is 1. The lowest BCUT2D eigenvalue weighted by Crippen LogP contribution is -2.02. The van der Waals surface area contributed by atoms with Gasteiger partial charge in [-0.05, 0) is 31.2 Å². The number of benzene rings is 1. The number of nitrogens with zero attached hydrogens (tertiary/aromatic N) is 3. The molecule has 0 radical (unpaired) electrons. The van der Waals surface area contributed by atoms with Gasteiger partial charge in [0.1, 0.15) is 11.3 Å². The third kappa shape index (κ3) is 2.37. The van der Waals surface area contributed by atoms with E-state index in [0.29, 0.717) is 27.0 Å². The van der Waals surface area contributed by atoms with Crippen LogP contribution in [0.1, 0.15) is 18.1 Å². The first-order valence-electron chi connectivity index (χ1n) is 6.00. The Morgan fingerprint density at radius 3 is 2.65 bits per heavy atom. The molecule has 1 aromatic carbocycles. The van der Waals surface area contributed by atoms with Crippen LogP contribution in [0.5, 0.6) is 0 Å². The summed E-state index contributed by atoms with van der Waals surface area (Å²) in [4.78, 5) is 8.88. The highest BCUT2D eigenvalue weighted by molar-refractivity contribution is 6.31. The number of hydrogen-bond acceptors (Lipinski definition) is 2. The molecule has 3 rings (SSSR count). The number of halogens is 3. The smallest absolute Gasteiger partial charge is 0.164 e. The maximum absolute atomic E-state index is 6.23. The van der Waals surface area contributed by atoms with Crippen molar-refractivity contribution in [2.75, 3.05) is 0 Å². The van der Waals surface area contributed by atoms with Crippen LogP contribution in [-0.2, 0) is 0 Å². The molecule has 6 heteroatoms. The zero-order valence-electron chi connectivity index (χ0n) is 10.5. The van der Waals surface area contributed by atoms with Crippen molar-refractivity contribution in [3.63, 3.8) is 0 Å². The largest absolute Gasteiger partial charge is 0.279 e. The van der Waals surface area contributed by atoms with Crippen LogP contribution in [0, 0.1) is 0 Å². The SMILES string of the molecule is CC(Cl)c1nc2cc(Cl)cnc2n1-c1cccc(Cl)c1. The molecule has 3 nitrogen and oxygen atoms in total. The van der Waals surface area contributed by atoms with Gasteiger partial charge in [0, 0.05) is 11.2 Å². The molecule has 0 aliphatic heterocycles. The Labute approximate surface area is 131 Å². The highest BCUT2D eigenvalue weighted by atomic mass is 35.5. The van der Waals surface area contributed by atoms with Gasteiger partial charge in [-0.1, -0.05) is 29.3 Å². The van der Waals surface area contributed by atoms with Crippen LogP contribution in [0.15, 0.2) is 36.5 Å². The van der Waals surface area contributed by atoms with Crippen LogP contribution < -0.4 is 0 Å². The Balaban J connectivity index is 2.34. The van der Waals surface area contributed by atoms with Gasteiger partial charge in [0.2, 0.25) is 0 Å². The average Bonchev–Trinajstić information content (AvgIpc) is 2.77. The average molecular weight is 327 g/mol. The predicted octanol–water partition coefficient (Wildman–Crippen LogP) is 5.03. The van der Waals surface area contributed by atoms with Gasteiger partial charge < -0.3 is 0 Å². The summed E-state index contributed by atoms with van der Waals surface area (Å²) in [6.07, 6.45) is 1.59. The second-order valence-corrected chi connectivity index (χ2v) is 5.93. The molecule has 3 aromatic rings. The van der Waals surface area contributed by atoms with Gasteiger partial charge in [0.25, 0.3) is 0 Å². The van der Waals surface area contributed by atoms with E-state index in [1.165, 1.54) is 0 Å². The molecule has 1 atom stereocenters. The van der Waals surface area contributed by atoms with Gasteiger partial charge in [-0.2, -0.15) is 0 Å². The van der Waals surface area contributed by atoms with E-state index >= 15 is 0 Å². The van der Waals surface area contributed by atoms with E-state index in [2.05, 4.69) is 9.97 Å². The molecule has 20 heavy (non-hydrogen) atoms. The van der Waals surface area contributed by atoms with Crippen LogP contribution in [0.4, 0.5) is 0 Å². The lowest BCUT2D eigenvalue weighted by Gasteiger charge is -2.10. The number of imidazole rings is 1. The van der Waals surface area contributed by atoms with Gasteiger partial charge in [0.05, 0.1) is 16.1 Å². The summed E-state index contributed by atoms with van der Waals surface area (Å²) >= 11 is 18.3. The maximum atomic E-state index is 6.23. The minimum absolute atomic E-state index is 0.262. The molecule has 0 saturated heterocycles. The van der Waals surface area contributed by atoms with E-state index in [9.17, 15) is 0 Å². The van der Waals surface area contributed by atoms with Crippen molar-refractivity contribution in [2.45, 2.75) is 12.3 Å². The van der Waals surface area contributed by atoms with Gasteiger partial charge in [0.15, 0.2) is 5.65 Å². The Morgan fingerprint density at radius 2 is 1.95 bits per heavy atom. The molecule has 0 aliphatic rings. The Hall–Kier alpha value is -1.29. The summed E-state index contributed by atoms with van der Waals surface area (Å²) in [5.74, 6) is 0.707. The summed E-state index contributed by atoms with van der Waals surface area (Å²) < 4.78 is 1.90. The number of rotatable bonds is 2. The predicted molar refractivity (Wildman–Crippen MR) is 83.2 cm³/mol. The lowest BCUT2D eigenvalue weighted by atomic mass is 10.3. The molecular weight excluding hydrogens is 317 g/mol. The van der Waals surface area contributed by atoms with E-state index in [-0.39, 0.29) is 5.38 Å². The molecule has 0 bridgehead atoms. The first-order chi connectivity index (χ1) is 9.56. The van der Waals surface area contributed by atoms with Crippen LogP contribution >= 0.6 is 34.8 Å². The monoisotopic (exact) mass is 325 g/mol. The molecule has 0 fully saturated rings. The molecule has 1 unspecified atom stereocenters. The van der Waals surface area contributed by atoms with Gasteiger partial charge in [-0.25, -0.2) is 9.97 Å². The summed E-state index contributed by atoms with van der Waals surface area (Å²) in [5, 5.41) is 0.926. The highest BCUT2D eigenvalue weighted by Gasteiger charge is 2.17. The van der Waals surface area contributed by atoms with Crippen molar-refractivity contribution in [3.05, 3.63) is 52.4 Å². The summed E-state index contributed by atoms with van der Waals surface area (Å²) in [6.45, 7) is 1.87. The molecule has 2 heterocycles. The minimum atomic E-state index is -0.262. The van der Waals surface area contributed by atoms with Crippen molar-refractivity contribution in [3.8, 4) is 5.69 Å². The third-order valence-electron chi connectivity index (χ3n) is 2.91. The van der Waals surface area contributed by atoms with Crippen LogP contribution in [0.25, 0.3) is 16.9 Å². The van der Waals surface area contributed by atoms with Gasteiger partial charge in [-0.15, -0.1) is 11.6 Å². The molecule has 0 amide bonds. The molecule has 0 spiro atoms. The van der Waals surface area contributed by atoms with Crippen LogP contribution in [-0.4, -0.2) is 14.5 Å². The standard InChI is InChI=1S/C14H10Cl3N3/c1-8(15)13-19-12-6-10(17)7-18-14(12)20(13)11-4-2-3-9(16)5-11/h2-8H,1H3. The normalized spacial score (nSPS) is 12.8. The van der Waals surface area contributed by atoms with Crippen LogP contribution in [0.3, 0.4) is 0 Å². The molecular formula is C14H10Cl3N3. The zero-order chi connectivity index (χ0) is 14.3. The van der Waals surface area contributed by atoms with Crippen molar-refractivity contribution >= 4 is 46.0 Å². The summed E-state index contributed by atoms with van der Waals surface area (Å²) in [6, 6.07) is 9.25. The second-order valence-electron chi connectivity index (χ2n) is 4.40. The maximum Gasteiger partial charge on any atom is 0.164 e. The van der Waals surface area contributed by atoms with E-state index < -0.39 is 0 Å². The van der Waals surface area contributed by atoms with Gasteiger partial charge in [-0.3, -0.25) is 4.57 Å². The fourth-order valence-electron chi connectivity index (χ4n) is 2.09. The van der Waals surface area contributed by atoms with Crippen molar-refractivity contribution < 1.29 is 0 Å². The van der Waals surface area contributed by atoms with Crippen LogP contribution in [0.2, 0.25) is 10.0 Å². The number of fused-ring (bicyclic) bond motifs is 1. The van der Waals surface area contributed by atoms with Crippen molar-refractivity contribution in [2.24, 2.45) is 0 Å². The van der Waals surface area contributed by atoms with E-state index in [4.69, 9.17) is 34.8 Å². The fourth-order valence-corrected chi connectivity index (χ4v) is 2.58. The number of aromatic nitrogens is 3. The topological polar surface area (TPSA) is 30.7 Å². The summed E-state index contributed by atoms with van der Waals surface area (Å²) in [5.41, 5.74) is 2.29. The van der Waals surface area contributed by atoms with Crippen molar-refractivity contribution in [1.29, 1.82) is 0 Å². The number of hydrogen-bond donors (Lipinski definition) is 0. The molecule has 0 saturated carbocycles. The fraction of sp³-hybridized carbons (Fsp3) is 0.143. The molecule has 0 N–H and O–H groups in total. The molecule has 2 aromatic heterocycles. The quantitative estimate of drug-likeness (QED) is 0.619. The second kappa shape index (κ2) is 5.24. The zero-order valence-corrected chi connectivity index (χ0v) is 12.8. The number of pyridine rings is 1. The van der Waals surface area contributed by atoms with Gasteiger partial charge >= 0.3 is 0 Å². The van der Waals surface area contributed by atoms with E-state index in [0.717, 1.165) is 5.69 Å². The molecule has 0 aliphatic carbocycles. The molecule has 102 valence electrons. The Kier molecular flexibility index (Phi) is 3.59. The first kappa shape index (κ1) is 13.7. The summed E-state index contributed by atoms with van der Waals surface area (Å²) in [7, 11) is 0. The third-order valence-corrected chi connectivity index (χ3v) is 3.55. The minimum Gasteiger partial charge on any atom is -0.279 e. The Morgan fingerprint density at radius 1 is 1.15 bits per heavy atom. The van der Waals surface area contributed by atoms with E-state index in [1.54, 1.807) is 12.3 Å². The highest BCUT2D eigenvalue weighted by Crippen LogP contribution is 2.29. The van der Waals surface area contributed by atoms with E-state index in [1.807, 2.05) is 35.8 Å². The lowest BCUT2D eigenvalue weighted by molar-refractivity contribution is 0.877.